The fourth-order valence-corrected chi connectivity index (χ4v) is 5.59. The molecule has 0 bridgehead atoms. The second-order valence-corrected chi connectivity index (χ2v) is 10.7. The monoisotopic (exact) mass is 485 g/mol. The van der Waals surface area contributed by atoms with Crippen LogP contribution in [0.15, 0.2) is 42.5 Å². The van der Waals surface area contributed by atoms with Gasteiger partial charge in [-0.15, -0.1) is 0 Å². The van der Waals surface area contributed by atoms with Crippen molar-refractivity contribution in [2.45, 2.75) is 44.9 Å². The van der Waals surface area contributed by atoms with Gasteiger partial charge in [-0.05, 0) is 44.9 Å². The third-order valence-electron chi connectivity index (χ3n) is 7.27. The van der Waals surface area contributed by atoms with E-state index >= 15 is 4.39 Å². The van der Waals surface area contributed by atoms with Crippen LogP contribution in [0.5, 0.6) is 5.75 Å². The number of fused-ring (bicyclic) bond motifs is 3. The minimum absolute atomic E-state index is 0.0433. The molecule has 4 nitrogen and oxygen atoms in total. The molecule has 35 heavy (non-hydrogen) atoms. The molecule has 1 saturated heterocycles. The molecule has 188 valence electrons. The molecule has 1 fully saturated rings. The van der Waals surface area contributed by atoms with Crippen molar-refractivity contribution in [3.63, 3.8) is 0 Å². The molecule has 0 aliphatic carbocycles. The van der Waals surface area contributed by atoms with E-state index in [2.05, 4.69) is 27.8 Å². The zero-order valence-electron chi connectivity index (χ0n) is 20.7. The second kappa shape index (κ2) is 9.51. The van der Waals surface area contributed by atoms with Crippen LogP contribution in [-0.4, -0.2) is 66.0 Å². The molecule has 1 aromatic heterocycles. The molecule has 0 amide bonds. The van der Waals surface area contributed by atoms with Gasteiger partial charge in [-0.1, -0.05) is 24.3 Å². The summed E-state index contributed by atoms with van der Waals surface area (Å²) < 4.78 is 48.9. The van der Waals surface area contributed by atoms with Gasteiger partial charge in [-0.25, -0.2) is 8.78 Å². The Morgan fingerprint density at radius 2 is 1.91 bits per heavy atom. The largest absolute Gasteiger partial charge is 0.492 e. The van der Waals surface area contributed by atoms with E-state index in [1.165, 1.54) is 11.6 Å². The number of aromatic nitrogens is 1. The number of hydrogen-bond donors (Lipinski definition) is 1. The predicted molar refractivity (Wildman–Crippen MR) is 133 cm³/mol. The maximum absolute atomic E-state index is 15.6. The van der Waals surface area contributed by atoms with Crippen molar-refractivity contribution in [3.05, 3.63) is 65.1 Å². The van der Waals surface area contributed by atoms with Crippen molar-refractivity contribution in [1.82, 2.24) is 14.8 Å². The van der Waals surface area contributed by atoms with E-state index in [4.69, 9.17) is 4.74 Å². The van der Waals surface area contributed by atoms with Gasteiger partial charge in [0.05, 0.1) is 12.7 Å². The number of para-hydroxylation sites is 1. The molecule has 0 radical (unpaired) electrons. The molecule has 2 aromatic carbocycles. The standard InChI is InChI=1S/C28H34F3N3O/c1-18-12-23-21-6-4-5-7-25(21)32-26(23)27(34(18)17-28(2,3)31)22-9-8-20(13-24(22)30)35-11-10-33-15-19(14-29)16-33/h4-9,13,18-19,27,32H,10-12,14-17H2,1-3H3/t18-,27-/m1/s1. The Balaban J connectivity index is 1.42. The van der Waals surface area contributed by atoms with Crippen LogP contribution in [0, 0.1) is 11.7 Å². The van der Waals surface area contributed by atoms with Crippen molar-refractivity contribution in [2.24, 2.45) is 5.92 Å². The Hall–Kier alpha value is -2.51. The van der Waals surface area contributed by atoms with E-state index in [1.807, 2.05) is 18.2 Å². The Morgan fingerprint density at radius 1 is 1.14 bits per heavy atom. The van der Waals surface area contributed by atoms with E-state index in [-0.39, 0.29) is 31.0 Å². The maximum Gasteiger partial charge on any atom is 0.132 e. The van der Waals surface area contributed by atoms with Crippen LogP contribution in [0.1, 0.15) is 43.6 Å². The Morgan fingerprint density at radius 3 is 2.63 bits per heavy atom. The number of nitrogens with one attached hydrogen (secondary N) is 1. The number of rotatable bonds is 8. The van der Waals surface area contributed by atoms with Crippen LogP contribution in [-0.2, 0) is 6.42 Å². The molecule has 7 heteroatoms. The summed E-state index contributed by atoms with van der Waals surface area (Å²) in [4.78, 5) is 7.72. The lowest BCUT2D eigenvalue weighted by Crippen LogP contribution is -2.49. The predicted octanol–water partition coefficient (Wildman–Crippen LogP) is 5.67. The molecule has 1 N–H and O–H groups in total. The summed E-state index contributed by atoms with van der Waals surface area (Å²) >= 11 is 0. The Labute approximate surface area is 205 Å². The van der Waals surface area contributed by atoms with Crippen molar-refractivity contribution in [2.75, 3.05) is 39.5 Å². The van der Waals surface area contributed by atoms with Crippen LogP contribution >= 0.6 is 0 Å². The van der Waals surface area contributed by atoms with Crippen molar-refractivity contribution >= 4 is 10.9 Å². The topological polar surface area (TPSA) is 31.5 Å². The average Bonchev–Trinajstić information content (AvgIpc) is 3.13. The van der Waals surface area contributed by atoms with Crippen LogP contribution in [0.3, 0.4) is 0 Å². The zero-order chi connectivity index (χ0) is 24.7. The molecular formula is C28H34F3N3O. The molecule has 0 unspecified atom stereocenters. The molecular weight excluding hydrogens is 451 g/mol. The highest BCUT2D eigenvalue weighted by atomic mass is 19.1. The first-order valence-electron chi connectivity index (χ1n) is 12.5. The molecule has 0 saturated carbocycles. The number of H-pyrrole nitrogens is 1. The Kier molecular flexibility index (Phi) is 6.57. The molecule has 3 aromatic rings. The molecule has 3 heterocycles. The molecule has 5 rings (SSSR count). The zero-order valence-corrected chi connectivity index (χ0v) is 20.7. The normalized spacial score (nSPS) is 21.8. The SMILES string of the molecule is C[C@@H]1Cc2c([nH]c3ccccc23)[C@@H](c2ccc(OCCN3CC(CF)C3)cc2F)N1CC(C)(C)F. The maximum atomic E-state index is 15.6. The number of likely N-dealkylation sites (tertiary alicyclic amines) is 1. The fraction of sp³-hybridized carbons (Fsp3) is 0.500. The van der Waals surface area contributed by atoms with Crippen LogP contribution in [0.4, 0.5) is 13.2 Å². The lowest BCUT2D eigenvalue weighted by molar-refractivity contribution is 0.0650. The summed E-state index contributed by atoms with van der Waals surface area (Å²) in [6, 6.07) is 12.7. The van der Waals surface area contributed by atoms with Gasteiger partial charge >= 0.3 is 0 Å². The molecule has 0 spiro atoms. The van der Waals surface area contributed by atoms with Crippen molar-refractivity contribution in [1.29, 1.82) is 0 Å². The third-order valence-corrected chi connectivity index (χ3v) is 7.27. The fourth-order valence-electron chi connectivity index (χ4n) is 5.59. The number of benzene rings is 2. The van der Waals surface area contributed by atoms with Gasteiger partial charge in [-0.3, -0.25) is 14.2 Å². The first-order valence-corrected chi connectivity index (χ1v) is 12.5. The number of hydrogen-bond acceptors (Lipinski definition) is 3. The summed E-state index contributed by atoms with van der Waals surface area (Å²) in [6.07, 6.45) is 0.772. The first-order chi connectivity index (χ1) is 16.7. The van der Waals surface area contributed by atoms with Crippen LogP contribution < -0.4 is 4.74 Å². The van der Waals surface area contributed by atoms with Gasteiger partial charge in [0.2, 0.25) is 0 Å². The van der Waals surface area contributed by atoms with Crippen LogP contribution in [0.2, 0.25) is 0 Å². The number of nitrogens with zero attached hydrogens (tertiary/aromatic N) is 2. The minimum atomic E-state index is -1.42. The number of aromatic amines is 1. The highest BCUT2D eigenvalue weighted by Crippen LogP contribution is 2.42. The summed E-state index contributed by atoms with van der Waals surface area (Å²) in [5, 5.41) is 1.14. The number of alkyl halides is 2. The molecule has 2 aliphatic rings. The third kappa shape index (κ3) is 4.94. The van der Waals surface area contributed by atoms with Gasteiger partial charge in [0, 0.05) is 66.4 Å². The van der Waals surface area contributed by atoms with Gasteiger partial charge in [0.15, 0.2) is 0 Å². The number of halogens is 3. The van der Waals surface area contributed by atoms with Gasteiger partial charge in [0.1, 0.15) is 23.8 Å². The van der Waals surface area contributed by atoms with Gasteiger partial charge in [0.25, 0.3) is 0 Å². The van der Waals surface area contributed by atoms with E-state index in [9.17, 15) is 8.78 Å². The van der Waals surface area contributed by atoms with Crippen LogP contribution in [0.25, 0.3) is 10.9 Å². The molecule has 2 atom stereocenters. The molecule has 2 aliphatic heterocycles. The highest BCUT2D eigenvalue weighted by Gasteiger charge is 2.39. The van der Waals surface area contributed by atoms with Gasteiger partial charge in [-0.2, -0.15) is 0 Å². The van der Waals surface area contributed by atoms with E-state index in [1.54, 1.807) is 26.0 Å². The second-order valence-electron chi connectivity index (χ2n) is 10.7. The minimum Gasteiger partial charge on any atom is -0.492 e. The number of ether oxygens (including phenoxy) is 1. The van der Waals surface area contributed by atoms with Crippen molar-refractivity contribution < 1.29 is 17.9 Å². The van der Waals surface area contributed by atoms with E-state index in [0.717, 1.165) is 36.1 Å². The summed E-state index contributed by atoms with van der Waals surface area (Å²) in [6.45, 7) is 7.75. The Bertz CT molecular complexity index is 1180. The lowest BCUT2D eigenvalue weighted by Gasteiger charge is -2.43. The van der Waals surface area contributed by atoms with Gasteiger partial charge < -0.3 is 9.72 Å². The van der Waals surface area contributed by atoms with E-state index in [0.29, 0.717) is 24.5 Å². The highest BCUT2D eigenvalue weighted by molar-refractivity contribution is 5.85. The summed E-state index contributed by atoms with van der Waals surface area (Å²) in [5.74, 6) is 0.234. The van der Waals surface area contributed by atoms with Crippen molar-refractivity contribution in [3.8, 4) is 5.75 Å². The smallest absolute Gasteiger partial charge is 0.132 e. The average molecular weight is 486 g/mol. The first kappa shape index (κ1) is 24.2. The summed E-state index contributed by atoms with van der Waals surface area (Å²) in [5.41, 5.74) is 2.20. The lowest BCUT2D eigenvalue weighted by atomic mass is 9.87. The van der Waals surface area contributed by atoms with E-state index < -0.39 is 11.7 Å². The summed E-state index contributed by atoms with van der Waals surface area (Å²) in [7, 11) is 0. The quantitative estimate of drug-likeness (QED) is 0.446.